The van der Waals surface area contributed by atoms with Crippen molar-refractivity contribution in [3.05, 3.63) is 35.4 Å². The van der Waals surface area contributed by atoms with Crippen molar-refractivity contribution < 1.29 is 13.5 Å². The van der Waals surface area contributed by atoms with Gasteiger partial charge in [0.25, 0.3) is 0 Å². The van der Waals surface area contributed by atoms with Gasteiger partial charge in [0.05, 0.1) is 12.4 Å². The number of hydrogen-bond donors (Lipinski definition) is 1. The number of rotatable bonds is 6. The average Bonchev–Trinajstić information content (AvgIpc) is 2.48. The van der Waals surface area contributed by atoms with Gasteiger partial charge in [-0.1, -0.05) is 44.0 Å². The lowest BCUT2D eigenvalue weighted by Gasteiger charge is -2.31. The van der Waals surface area contributed by atoms with Crippen LogP contribution in [0.2, 0.25) is 0 Å². The van der Waals surface area contributed by atoms with Crippen LogP contribution in [0.1, 0.15) is 43.7 Å². The van der Waals surface area contributed by atoms with Crippen molar-refractivity contribution in [1.82, 2.24) is 4.31 Å². The van der Waals surface area contributed by atoms with Crippen LogP contribution < -0.4 is 0 Å². The fourth-order valence-corrected chi connectivity index (χ4v) is 4.55. The maximum atomic E-state index is 12.5. The molecule has 0 unspecified atom stereocenters. The van der Waals surface area contributed by atoms with Crippen molar-refractivity contribution in [3.8, 4) is 0 Å². The summed E-state index contributed by atoms with van der Waals surface area (Å²) in [5.41, 5.74) is 1.50. The third-order valence-corrected chi connectivity index (χ3v) is 6.04. The van der Waals surface area contributed by atoms with Crippen LogP contribution >= 0.6 is 0 Å². The van der Waals surface area contributed by atoms with Gasteiger partial charge in [-0.2, -0.15) is 0 Å². The zero-order valence-electron chi connectivity index (χ0n) is 12.7. The number of piperidine rings is 1. The van der Waals surface area contributed by atoms with Crippen LogP contribution in [0.3, 0.4) is 0 Å². The van der Waals surface area contributed by atoms with Crippen molar-refractivity contribution >= 4 is 10.0 Å². The molecular formula is C16H25NO3S. The molecule has 5 heteroatoms. The Morgan fingerprint density at radius 1 is 1.24 bits per heavy atom. The molecule has 21 heavy (non-hydrogen) atoms. The van der Waals surface area contributed by atoms with E-state index in [-0.39, 0.29) is 12.4 Å². The highest BCUT2D eigenvalue weighted by atomic mass is 32.2. The molecule has 1 aliphatic rings. The molecule has 4 nitrogen and oxygen atoms in total. The smallest absolute Gasteiger partial charge is 0.218 e. The molecule has 0 aromatic heterocycles. The molecule has 1 fully saturated rings. The van der Waals surface area contributed by atoms with E-state index in [1.807, 2.05) is 0 Å². The summed E-state index contributed by atoms with van der Waals surface area (Å²) in [6.07, 6.45) is 4.32. The first-order chi connectivity index (χ1) is 10.0. The number of sulfonamides is 1. The first-order valence-electron chi connectivity index (χ1n) is 7.71. The summed E-state index contributed by atoms with van der Waals surface area (Å²) in [6, 6.07) is 7.16. The summed E-state index contributed by atoms with van der Waals surface area (Å²) in [7, 11) is -3.25. The molecule has 0 atom stereocenters. The van der Waals surface area contributed by atoms with E-state index in [4.69, 9.17) is 5.11 Å². The van der Waals surface area contributed by atoms with Gasteiger partial charge in [-0.05, 0) is 29.9 Å². The number of nitrogens with zero attached hydrogens (tertiary/aromatic N) is 1. The second-order valence-electron chi connectivity index (χ2n) is 5.87. The molecule has 0 saturated carbocycles. The van der Waals surface area contributed by atoms with E-state index >= 15 is 0 Å². The molecule has 1 saturated heterocycles. The Morgan fingerprint density at radius 3 is 2.52 bits per heavy atom. The van der Waals surface area contributed by atoms with Gasteiger partial charge in [-0.15, -0.1) is 0 Å². The van der Waals surface area contributed by atoms with E-state index in [1.54, 1.807) is 28.6 Å². The largest absolute Gasteiger partial charge is 0.392 e. The lowest BCUT2D eigenvalue weighted by Crippen LogP contribution is -2.39. The van der Waals surface area contributed by atoms with Gasteiger partial charge >= 0.3 is 0 Å². The molecule has 1 heterocycles. The minimum Gasteiger partial charge on any atom is -0.392 e. The highest BCUT2D eigenvalue weighted by Crippen LogP contribution is 2.24. The Labute approximate surface area is 127 Å². The zero-order valence-corrected chi connectivity index (χ0v) is 13.5. The number of hydrogen-bond acceptors (Lipinski definition) is 3. The summed E-state index contributed by atoms with van der Waals surface area (Å²) in [5, 5.41) is 9.13. The maximum Gasteiger partial charge on any atom is 0.218 e. The average molecular weight is 311 g/mol. The van der Waals surface area contributed by atoms with Crippen LogP contribution in [0.25, 0.3) is 0 Å². The van der Waals surface area contributed by atoms with Gasteiger partial charge in [0.1, 0.15) is 0 Å². The fraction of sp³-hybridized carbons (Fsp3) is 0.625. The van der Waals surface area contributed by atoms with Gasteiger partial charge in [-0.3, -0.25) is 0 Å². The molecule has 1 aromatic rings. The van der Waals surface area contributed by atoms with E-state index in [1.165, 1.54) is 12.8 Å². The molecule has 0 aliphatic carbocycles. The first-order valence-corrected chi connectivity index (χ1v) is 9.32. The van der Waals surface area contributed by atoms with Crippen LogP contribution in [0.15, 0.2) is 24.3 Å². The third kappa shape index (κ3) is 4.53. The monoisotopic (exact) mass is 311 g/mol. The summed E-state index contributed by atoms with van der Waals surface area (Å²) in [5.74, 6) is 0.707. The lowest BCUT2D eigenvalue weighted by molar-refractivity contribution is 0.262. The third-order valence-electron chi connectivity index (χ3n) is 4.19. The van der Waals surface area contributed by atoms with E-state index in [0.29, 0.717) is 19.0 Å². The molecule has 1 aromatic carbocycles. The molecule has 1 N–H and O–H groups in total. The van der Waals surface area contributed by atoms with Gasteiger partial charge < -0.3 is 5.11 Å². The van der Waals surface area contributed by atoms with E-state index in [9.17, 15) is 8.42 Å². The second-order valence-corrected chi connectivity index (χ2v) is 7.83. The van der Waals surface area contributed by atoms with E-state index in [2.05, 4.69) is 6.92 Å². The summed E-state index contributed by atoms with van der Waals surface area (Å²) in [4.78, 5) is 0. The Hall–Kier alpha value is -0.910. The topological polar surface area (TPSA) is 57.6 Å². The Kier molecular flexibility index (Phi) is 5.79. The number of aliphatic hydroxyl groups excluding tert-OH is 1. The second kappa shape index (κ2) is 7.38. The molecule has 2 rings (SSSR count). The lowest BCUT2D eigenvalue weighted by atomic mass is 9.94. The molecular weight excluding hydrogens is 286 g/mol. The SMILES string of the molecule is CCCC1CCN(S(=O)(=O)Cc2cccc(CO)c2)CC1. The fourth-order valence-electron chi connectivity index (χ4n) is 3.00. The van der Waals surface area contributed by atoms with Crippen LogP contribution in [-0.2, 0) is 22.4 Å². The summed E-state index contributed by atoms with van der Waals surface area (Å²) < 4.78 is 26.6. The minimum atomic E-state index is -3.25. The summed E-state index contributed by atoms with van der Waals surface area (Å²) >= 11 is 0. The zero-order chi connectivity index (χ0) is 15.3. The van der Waals surface area contributed by atoms with Gasteiger partial charge in [0.2, 0.25) is 10.0 Å². The summed E-state index contributed by atoms with van der Waals surface area (Å²) in [6.45, 7) is 3.41. The van der Waals surface area contributed by atoms with Crippen molar-refractivity contribution in [2.45, 2.75) is 45.0 Å². The highest BCUT2D eigenvalue weighted by Gasteiger charge is 2.27. The first kappa shape index (κ1) is 16.5. The predicted octanol–water partition coefficient (Wildman–Crippen LogP) is 2.52. The van der Waals surface area contributed by atoms with Crippen LogP contribution in [0, 0.1) is 5.92 Å². The van der Waals surface area contributed by atoms with Crippen molar-refractivity contribution in [2.75, 3.05) is 13.1 Å². The normalized spacial score (nSPS) is 18.0. The number of aliphatic hydroxyl groups is 1. The quantitative estimate of drug-likeness (QED) is 0.878. The molecule has 0 bridgehead atoms. The molecule has 118 valence electrons. The Morgan fingerprint density at radius 2 is 1.90 bits per heavy atom. The van der Waals surface area contributed by atoms with Gasteiger partial charge in [-0.25, -0.2) is 12.7 Å². The maximum absolute atomic E-state index is 12.5. The van der Waals surface area contributed by atoms with Crippen molar-refractivity contribution in [2.24, 2.45) is 5.92 Å². The molecule has 0 spiro atoms. The molecule has 0 amide bonds. The van der Waals surface area contributed by atoms with Crippen molar-refractivity contribution in [3.63, 3.8) is 0 Å². The van der Waals surface area contributed by atoms with Crippen LogP contribution in [0.4, 0.5) is 0 Å². The molecule has 0 radical (unpaired) electrons. The standard InChI is InChI=1S/C16H25NO3S/c1-2-4-14-7-9-17(10-8-14)21(19,20)13-16-6-3-5-15(11-16)12-18/h3,5-6,11,14,18H,2,4,7-10,12-13H2,1H3. The highest BCUT2D eigenvalue weighted by molar-refractivity contribution is 7.88. The number of benzene rings is 1. The predicted molar refractivity (Wildman–Crippen MR) is 84.2 cm³/mol. The van der Waals surface area contributed by atoms with Crippen LogP contribution in [-0.4, -0.2) is 30.9 Å². The minimum absolute atomic E-state index is 0.0271. The van der Waals surface area contributed by atoms with E-state index < -0.39 is 10.0 Å². The Balaban J connectivity index is 1.99. The van der Waals surface area contributed by atoms with E-state index in [0.717, 1.165) is 24.0 Å². The van der Waals surface area contributed by atoms with Gasteiger partial charge in [0, 0.05) is 13.1 Å². The van der Waals surface area contributed by atoms with Crippen molar-refractivity contribution in [1.29, 1.82) is 0 Å². The molecule has 1 aliphatic heterocycles. The Bertz CT molecular complexity index is 548. The van der Waals surface area contributed by atoms with Crippen LogP contribution in [0.5, 0.6) is 0 Å². The van der Waals surface area contributed by atoms with Gasteiger partial charge in [0.15, 0.2) is 0 Å².